The molecule has 1 aromatic carbocycles. The Morgan fingerprint density at radius 3 is 2.71 bits per heavy atom. The lowest BCUT2D eigenvalue weighted by Crippen LogP contribution is -2.31. The molecule has 2 saturated carbocycles. The summed E-state index contributed by atoms with van der Waals surface area (Å²) < 4.78 is 1.04. The molecule has 6 heteroatoms. The summed E-state index contributed by atoms with van der Waals surface area (Å²) in [5, 5.41) is 13.0. The first-order chi connectivity index (χ1) is 10.1. The highest BCUT2D eigenvalue weighted by molar-refractivity contribution is 7.18. The van der Waals surface area contributed by atoms with E-state index in [2.05, 4.69) is 10.3 Å². The summed E-state index contributed by atoms with van der Waals surface area (Å²) in [7, 11) is 0. The number of hydrogen-bond donors (Lipinski definition) is 2. The lowest BCUT2D eigenvalue weighted by molar-refractivity contribution is -0.147. The number of rotatable bonds is 4. The summed E-state index contributed by atoms with van der Waals surface area (Å²) in [5.41, 5.74) is 0.382. The van der Waals surface area contributed by atoms with E-state index in [1.54, 1.807) is 17.4 Å². The Labute approximate surface area is 125 Å². The largest absolute Gasteiger partial charge is 0.480 e. The number of aromatic nitrogens is 1. The van der Waals surface area contributed by atoms with Gasteiger partial charge >= 0.3 is 5.97 Å². The predicted molar refractivity (Wildman–Crippen MR) is 79.5 cm³/mol. The van der Waals surface area contributed by atoms with Crippen molar-refractivity contribution in [1.29, 1.82) is 0 Å². The molecule has 1 aromatic heterocycles. The summed E-state index contributed by atoms with van der Waals surface area (Å²) >= 11 is 1.66. The van der Waals surface area contributed by atoms with E-state index < -0.39 is 17.3 Å². The number of carboxylic acid groups (broad SMARTS) is 1. The third-order valence-electron chi connectivity index (χ3n) is 4.18. The van der Waals surface area contributed by atoms with Gasteiger partial charge < -0.3 is 10.4 Å². The fourth-order valence-electron chi connectivity index (χ4n) is 2.44. The average Bonchev–Trinajstić information content (AvgIpc) is 3.33. The SMILES string of the molecule is O=C(O)C1(C(=O)Nc2ccc3nc(C4CC4)sc3c2)CC1. The maximum Gasteiger partial charge on any atom is 0.319 e. The van der Waals surface area contributed by atoms with Crippen LogP contribution in [0.5, 0.6) is 0 Å². The maximum atomic E-state index is 12.1. The molecular formula is C15H14N2O3S. The molecule has 1 heterocycles. The van der Waals surface area contributed by atoms with Crippen molar-refractivity contribution in [2.45, 2.75) is 31.6 Å². The smallest absolute Gasteiger partial charge is 0.319 e. The van der Waals surface area contributed by atoms with E-state index in [4.69, 9.17) is 5.11 Å². The molecule has 2 aliphatic carbocycles. The van der Waals surface area contributed by atoms with E-state index >= 15 is 0 Å². The van der Waals surface area contributed by atoms with E-state index in [1.807, 2.05) is 12.1 Å². The van der Waals surface area contributed by atoms with Gasteiger partial charge in [0.15, 0.2) is 0 Å². The number of nitrogens with one attached hydrogen (secondary N) is 1. The van der Waals surface area contributed by atoms with Gasteiger partial charge in [-0.05, 0) is 43.9 Å². The molecular weight excluding hydrogens is 288 g/mol. The minimum Gasteiger partial charge on any atom is -0.480 e. The quantitative estimate of drug-likeness (QED) is 0.851. The first-order valence-corrected chi connectivity index (χ1v) is 7.85. The molecule has 21 heavy (non-hydrogen) atoms. The molecule has 2 N–H and O–H groups in total. The number of amides is 1. The van der Waals surface area contributed by atoms with Gasteiger partial charge in [0.05, 0.1) is 15.2 Å². The van der Waals surface area contributed by atoms with Crippen molar-refractivity contribution in [3.63, 3.8) is 0 Å². The van der Waals surface area contributed by atoms with Crippen LogP contribution in [0.3, 0.4) is 0 Å². The number of carbonyl (C=O) groups is 2. The van der Waals surface area contributed by atoms with Crippen molar-refractivity contribution in [3.05, 3.63) is 23.2 Å². The molecule has 1 amide bonds. The van der Waals surface area contributed by atoms with Gasteiger partial charge in [0.2, 0.25) is 5.91 Å². The fraction of sp³-hybridized carbons (Fsp3) is 0.400. The summed E-state index contributed by atoms with van der Waals surface area (Å²) in [6.07, 6.45) is 3.26. The molecule has 0 unspecified atom stereocenters. The summed E-state index contributed by atoms with van der Waals surface area (Å²) in [6, 6.07) is 5.55. The second-order valence-electron chi connectivity index (χ2n) is 5.85. The first-order valence-electron chi connectivity index (χ1n) is 7.04. The monoisotopic (exact) mass is 302 g/mol. The van der Waals surface area contributed by atoms with Gasteiger partial charge in [0.25, 0.3) is 0 Å². The molecule has 0 atom stereocenters. The zero-order valence-corrected chi connectivity index (χ0v) is 12.1. The number of carbonyl (C=O) groups excluding carboxylic acids is 1. The van der Waals surface area contributed by atoms with Crippen molar-refractivity contribution in [3.8, 4) is 0 Å². The molecule has 4 rings (SSSR count). The number of thiazole rings is 1. The number of anilines is 1. The Hall–Kier alpha value is -1.95. The normalized spacial score (nSPS) is 19.4. The zero-order valence-electron chi connectivity index (χ0n) is 11.3. The third kappa shape index (κ3) is 2.10. The van der Waals surface area contributed by atoms with Gasteiger partial charge in [-0.25, -0.2) is 4.98 Å². The third-order valence-corrected chi connectivity index (χ3v) is 5.36. The van der Waals surface area contributed by atoms with Gasteiger partial charge in [0, 0.05) is 11.6 Å². The van der Waals surface area contributed by atoms with Gasteiger partial charge in [-0.2, -0.15) is 0 Å². The van der Waals surface area contributed by atoms with Crippen LogP contribution in [0.25, 0.3) is 10.2 Å². The molecule has 0 saturated heterocycles. The van der Waals surface area contributed by atoms with Crippen molar-refractivity contribution >= 4 is 39.1 Å². The molecule has 2 aliphatic rings. The van der Waals surface area contributed by atoms with Gasteiger partial charge in [-0.1, -0.05) is 0 Å². The molecule has 0 bridgehead atoms. The number of hydrogen-bond acceptors (Lipinski definition) is 4. The lowest BCUT2D eigenvalue weighted by atomic mass is 10.1. The number of carboxylic acids is 1. The van der Waals surface area contributed by atoms with Gasteiger partial charge in [-0.15, -0.1) is 11.3 Å². The molecule has 5 nitrogen and oxygen atoms in total. The molecule has 0 aliphatic heterocycles. The van der Waals surface area contributed by atoms with Crippen LogP contribution in [0.4, 0.5) is 5.69 Å². The lowest BCUT2D eigenvalue weighted by Gasteiger charge is -2.10. The van der Waals surface area contributed by atoms with Crippen molar-refractivity contribution in [2.24, 2.45) is 5.41 Å². The molecule has 2 fully saturated rings. The van der Waals surface area contributed by atoms with Crippen LogP contribution in [0, 0.1) is 5.41 Å². The van der Waals surface area contributed by atoms with Crippen LogP contribution in [0.15, 0.2) is 18.2 Å². The molecule has 0 spiro atoms. The van der Waals surface area contributed by atoms with Crippen LogP contribution in [0.1, 0.15) is 36.6 Å². The number of aliphatic carboxylic acids is 1. The number of nitrogens with zero attached hydrogens (tertiary/aromatic N) is 1. The standard InChI is InChI=1S/C15H14N2O3S/c18-13(15(5-6-15)14(19)20)16-9-3-4-10-11(7-9)21-12(17-10)8-1-2-8/h3-4,7-8H,1-2,5-6H2,(H,16,18)(H,19,20). The first kappa shape index (κ1) is 12.8. The average molecular weight is 302 g/mol. The molecule has 0 radical (unpaired) electrons. The highest BCUT2D eigenvalue weighted by atomic mass is 32.1. The van der Waals surface area contributed by atoms with Crippen LogP contribution in [-0.4, -0.2) is 22.0 Å². The van der Waals surface area contributed by atoms with Crippen LogP contribution in [0.2, 0.25) is 0 Å². The van der Waals surface area contributed by atoms with E-state index in [-0.39, 0.29) is 0 Å². The summed E-state index contributed by atoms with van der Waals surface area (Å²) in [5.74, 6) is -0.835. The Balaban J connectivity index is 1.59. The van der Waals surface area contributed by atoms with Crippen molar-refractivity contribution in [2.75, 3.05) is 5.32 Å². The Morgan fingerprint density at radius 1 is 1.33 bits per heavy atom. The molecule has 108 valence electrons. The van der Waals surface area contributed by atoms with E-state index in [0.29, 0.717) is 24.4 Å². The molecule has 2 aromatic rings. The Kier molecular flexibility index (Phi) is 2.60. The van der Waals surface area contributed by atoms with Crippen molar-refractivity contribution < 1.29 is 14.7 Å². The van der Waals surface area contributed by atoms with Crippen molar-refractivity contribution in [1.82, 2.24) is 4.98 Å². The van der Waals surface area contributed by atoms with E-state index in [1.165, 1.54) is 12.8 Å². The van der Waals surface area contributed by atoms with Gasteiger partial charge in [-0.3, -0.25) is 9.59 Å². The number of benzene rings is 1. The minimum atomic E-state index is -1.21. The fourth-order valence-corrected chi connectivity index (χ4v) is 3.61. The van der Waals surface area contributed by atoms with Gasteiger partial charge in [0.1, 0.15) is 5.41 Å². The second kappa shape index (κ2) is 4.27. The Morgan fingerprint density at radius 2 is 2.10 bits per heavy atom. The Bertz CT molecular complexity index is 759. The predicted octanol–water partition coefficient (Wildman–Crippen LogP) is 2.98. The van der Waals surface area contributed by atoms with E-state index in [0.717, 1.165) is 15.2 Å². The van der Waals surface area contributed by atoms with Crippen LogP contribution < -0.4 is 5.32 Å². The highest BCUT2D eigenvalue weighted by Gasteiger charge is 2.57. The second-order valence-corrected chi connectivity index (χ2v) is 6.91. The summed E-state index contributed by atoms with van der Waals surface area (Å²) in [4.78, 5) is 27.8. The highest BCUT2D eigenvalue weighted by Crippen LogP contribution is 2.47. The number of fused-ring (bicyclic) bond motifs is 1. The topological polar surface area (TPSA) is 79.3 Å². The van der Waals surface area contributed by atoms with Crippen LogP contribution in [-0.2, 0) is 9.59 Å². The summed E-state index contributed by atoms with van der Waals surface area (Å²) in [6.45, 7) is 0. The van der Waals surface area contributed by atoms with E-state index in [9.17, 15) is 9.59 Å². The minimum absolute atomic E-state index is 0.415. The van der Waals surface area contributed by atoms with Crippen LogP contribution >= 0.6 is 11.3 Å². The maximum absolute atomic E-state index is 12.1. The zero-order chi connectivity index (χ0) is 14.6.